The van der Waals surface area contributed by atoms with Crippen molar-refractivity contribution in [3.63, 3.8) is 0 Å². The molecular formula is C17H25FN2O. The molecule has 3 atom stereocenters. The maximum Gasteiger partial charge on any atom is 0.241 e. The van der Waals surface area contributed by atoms with Gasteiger partial charge >= 0.3 is 0 Å². The average Bonchev–Trinajstić information content (AvgIpc) is 2.82. The number of benzene rings is 1. The van der Waals surface area contributed by atoms with Gasteiger partial charge in [-0.15, -0.1) is 0 Å². The van der Waals surface area contributed by atoms with E-state index in [0.717, 1.165) is 25.7 Å². The number of carbonyl (C=O) groups is 1. The van der Waals surface area contributed by atoms with Crippen molar-refractivity contribution in [2.45, 2.75) is 64.7 Å². The van der Waals surface area contributed by atoms with Crippen LogP contribution in [-0.2, 0) is 4.79 Å². The van der Waals surface area contributed by atoms with Gasteiger partial charge in [0.2, 0.25) is 5.91 Å². The highest BCUT2D eigenvalue weighted by Crippen LogP contribution is 2.32. The number of halogens is 1. The molecule has 0 bridgehead atoms. The number of nitrogens with zero attached hydrogens (tertiary/aromatic N) is 1. The maximum absolute atomic E-state index is 14.1. The molecule has 1 saturated heterocycles. The molecule has 1 N–H and O–H groups in total. The van der Waals surface area contributed by atoms with Crippen molar-refractivity contribution in [1.29, 1.82) is 0 Å². The van der Waals surface area contributed by atoms with E-state index in [1.165, 1.54) is 6.07 Å². The van der Waals surface area contributed by atoms with Gasteiger partial charge in [-0.2, -0.15) is 0 Å². The van der Waals surface area contributed by atoms with Crippen molar-refractivity contribution < 1.29 is 9.18 Å². The van der Waals surface area contributed by atoms with Crippen LogP contribution in [0, 0.1) is 5.82 Å². The van der Waals surface area contributed by atoms with E-state index in [0.29, 0.717) is 5.56 Å². The molecular weight excluding hydrogens is 267 g/mol. The van der Waals surface area contributed by atoms with Crippen molar-refractivity contribution in [2.75, 3.05) is 0 Å². The van der Waals surface area contributed by atoms with Gasteiger partial charge in [0.25, 0.3) is 0 Å². The van der Waals surface area contributed by atoms with E-state index in [9.17, 15) is 9.18 Å². The molecule has 0 spiro atoms. The van der Waals surface area contributed by atoms with Gasteiger partial charge in [0.1, 0.15) is 12.0 Å². The van der Waals surface area contributed by atoms with Gasteiger partial charge in [0, 0.05) is 11.6 Å². The quantitative estimate of drug-likeness (QED) is 0.868. The van der Waals surface area contributed by atoms with Gasteiger partial charge < -0.3 is 4.90 Å². The molecule has 3 unspecified atom stereocenters. The smallest absolute Gasteiger partial charge is 0.241 e. The molecule has 0 aromatic heterocycles. The standard InChI is InChI=1S/C17H25FN2O/c1-4-9-12(5-2)20-16(19-15(6-3)17(20)21)13-10-7-8-11-14(13)18/h7-8,10-12,15-16,19H,4-6,9H2,1-3H3. The second kappa shape index (κ2) is 7.03. The highest BCUT2D eigenvalue weighted by molar-refractivity contribution is 5.84. The Morgan fingerprint density at radius 1 is 1.29 bits per heavy atom. The summed E-state index contributed by atoms with van der Waals surface area (Å²) in [7, 11) is 0. The van der Waals surface area contributed by atoms with Crippen LogP contribution in [0.3, 0.4) is 0 Å². The molecule has 21 heavy (non-hydrogen) atoms. The normalized spacial score (nSPS) is 23.6. The summed E-state index contributed by atoms with van der Waals surface area (Å²) in [5, 5.41) is 3.31. The zero-order valence-electron chi connectivity index (χ0n) is 13.1. The van der Waals surface area contributed by atoms with Gasteiger partial charge in [-0.1, -0.05) is 45.4 Å². The molecule has 4 heteroatoms. The first-order valence-corrected chi connectivity index (χ1v) is 7.96. The van der Waals surface area contributed by atoms with Crippen LogP contribution >= 0.6 is 0 Å². The Balaban J connectivity index is 2.37. The number of hydrogen-bond acceptors (Lipinski definition) is 2. The van der Waals surface area contributed by atoms with E-state index in [1.54, 1.807) is 12.1 Å². The molecule has 1 aromatic carbocycles. The van der Waals surface area contributed by atoms with Crippen LogP contribution in [0.1, 0.15) is 58.2 Å². The first-order valence-electron chi connectivity index (χ1n) is 7.96. The monoisotopic (exact) mass is 292 g/mol. The van der Waals surface area contributed by atoms with E-state index >= 15 is 0 Å². The van der Waals surface area contributed by atoms with E-state index in [2.05, 4.69) is 19.2 Å². The third-order valence-electron chi connectivity index (χ3n) is 4.28. The maximum atomic E-state index is 14.1. The van der Waals surface area contributed by atoms with Gasteiger partial charge in [-0.25, -0.2) is 4.39 Å². The number of carbonyl (C=O) groups excluding carboxylic acids is 1. The van der Waals surface area contributed by atoms with Gasteiger partial charge in [0.05, 0.1) is 6.04 Å². The lowest BCUT2D eigenvalue weighted by Gasteiger charge is -2.32. The molecule has 1 aliphatic rings. The molecule has 1 aliphatic heterocycles. The van der Waals surface area contributed by atoms with Crippen LogP contribution < -0.4 is 5.32 Å². The number of nitrogens with one attached hydrogen (secondary N) is 1. The number of rotatable bonds is 6. The average molecular weight is 292 g/mol. The zero-order valence-corrected chi connectivity index (χ0v) is 13.1. The molecule has 1 heterocycles. The molecule has 0 aliphatic carbocycles. The predicted octanol–water partition coefficient (Wildman–Crippen LogP) is 3.61. The van der Waals surface area contributed by atoms with E-state index in [-0.39, 0.29) is 30.0 Å². The molecule has 0 radical (unpaired) electrons. The molecule has 2 rings (SSSR count). The van der Waals surface area contributed by atoms with Gasteiger partial charge in [0.15, 0.2) is 0 Å². The van der Waals surface area contributed by atoms with Crippen LogP contribution in [-0.4, -0.2) is 22.9 Å². The minimum atomic E-state index is -0.347. The zero-order chi connectivity index (χ0) is 15.4. The topological polar surface area (TPSA) is 32.3 Å². The van der Waals surface area contributed by atoms with Crippen molar-refractivity contribution in [1.82, 2.24) is 10.2 Å². The molecule has 1 fully saturated rings. The SMILES string of the molecule is CCCC(CC)N1C(=O)C(CC)NC1c1ccccc1F. The Hall–Kier alpha value is -1.42. The van der Waals surface area contributed by atoms with E-state index in [4.69, 9.17) is 0 Å². The summed E-state index contributed by atoms with van der Waals surface area (Å²) in [4.78, 5) is 14.5. The molecule has 1 aromatic rings. The van der Waals surface area contributed by atoms with Crippen molar-refractivity contribution >= 4 is 5.91 Å². The fourth-order valence-electron chi connectivity index (χ4n) is 3.14. The summed E-state index contributed by atoms with van der Waals surface area (Å²) in [6.45, 7) is 6.19. The third kappa shape index (κ3) is 3.10. The van der Waals surface area contributed by atoms with Crippen molar-refractivity contribution in [2.24, 2.45) is 0 Å². The highest BCUT2D eigenvalue weighted by Gasteiger charge is 2.42. The summed E-state index contributed by atoms with van der Waals surface area (Å²) in [5.74, 6) is -0.151. The lowest BCUT2D eigenvalue weighted by atomic mass is 10.0. The van der Waals surface area contributed by atoms with Crippen LogP contribution in [0.15, 0.2) is 24.3 Å². The predicted molar refractivity (Wildman–Crippen MR) is 82.2 cm³/mol. The number of hydrogen-bond donors (Lipinski definition) is 1. The minimum Gasteiger partial charge on any atom is -0.318 e. The Labute approximate surface area is 126 Å². The Bertz CT molecular complexity index is 491. The molecule has 116 valence electrons. The Kier molecular flexibility index (Phi) is 5.34. The summed E-state index contributed by atoms with van der Waals surface area (Å²) >= 11 is 0. The largest absolute Gasteiger partial charge is 0.318 e. The molecule has 3 nitrogen and oxygen atoms in total. The second-order valence-corrected chi connectivity index (χ2v) is 5.65. The lowest BCUT2D eigenvalue weighted by Crippen LogP contribution is -2.40. The first kappa shape index (κ1) is 16.0. The van der Waals surface area contributed by atoms with E-state index < -0.39 is 0 Å². The Morgan fingerprint density at radius 3 is 2.57 bits per heavy atom. The van der Waals surface area contributed by atoms with Crippen LogP contribution in [0.25, 0.3) is 0 Å². The van der Waals surface area contributed by atoms with Crippen LogP contribution in [0.5, 0.6) is 0 Å². The lowest BCUT2D eigenvalue weighted by molar-refractivity contribution is -0.132. The molecule has 1 amide bonds. The van der Waals surface area contributed by atoms with Gasteiger partial charge in [-0.05, 0) is 25.3 Å². The van der Waals surface area contributed by atoms with Crippen LogP contribution in [0.4, 0.5) is 4.39 Å². The fraction of sp³-hybridized carbons (Fsp3) is 0.588. The summed E-state index contributed by atoms with van der Waals surface area (Å²) in [6, 6.07) is 6.68. The summed E-state index contributed by atoms with van der Waals surface area (Å²) in [5.41, 5.74) is 0.566. The van der Waals surface area contributed by atoms with Crippen LogP contribution in [0.2, 0.25) is 0 Å². The second-order valence-electron chi connectivity index (χ2n) is 5.65. The molecule has 0 saturated carbocycles. The number of amides is 1. The van der Waals surface area contributed by atoms with Gasteiger partial charge in [-0.3, -0.25) is 10.1 Å². The Morgan fingerprint density at radius 2 is 2.00 bits per heavy atom. The summed E-state index contributed by atoms with van der Waals surface area (Å²) in [6.07, 6.45) is 3.24. The summed E-state index contributed by atoms with van der Waals surface area (Å²) < 4.78 is 14.1. The third-order valence-corrected chi connectivity index (χ3v) is 4.28. The first-order chi connectivity index (χ1) is 10.1. The minimum absolute atomic E-state index is 0.103. The van der Waals surface area contributed by atoms with E-state index in [1.807, 2.05) is 17.9 Å². The highest BCUT2D eigenvalue weighted by atomic mass is 19.1. The fourth-order valence-corrected chi connectivity index (χ4v) is 3.14. The van der Waals surface area contributed by atoms with Crippen molar-refractivity contribution in [3.8, 4) is 0 Å². The van der Waals surface area contributed by atoms with Crippen molar-refractivity contribution in [3.05, 3.63) is 35.6 Å².